The summed E-state index contributed by atoms with van der Waals surface area (Å²) in [6, 6.07) is 13.9. The van der Waals surface area contributed by atoms with Crippen molar-refractivity contribution in [2.24, 2.45) is 0 Å². The lowest BCUT2D eigenvalue weighted by atomic mass is 9.85. The summed E-state index contributed by atoms with van der Waals surface area (Å²) in [6.07, 6.45) is 0.853. The van der Waals surface area contributed by atoms with E-state index >= 15 is 0 Å². The number of hydrogen-bond donors (Lipinski definition) is 1. The smallest absolute Gasteiger partial charge is 0.244 e. The van der Waals surface area contributed by atoms with Crippen LogP contribution in [0.25, 0.3) is 10.1 Å². The molecule has 3 heterocycles. The van der Waals surface area contributed by atoms with Gasteiger partial charge in [0, 0.05) is 29.5 Å². The van der Waals surface area contributed by atoms with Crippen LogP contribution < -0.4 is 14.8 Å². The molecule has 5 nitrogen and oxygen atoms in total. The van der Waals surface area contributed by atoms with Crippen molar-refractivity contribution in [3.63, 3.8) is 0 Å². The molecule has 2 aliphatic rings. The molecule has 0 radical (unpaired) electrons. The summed E-state index contributed by atoms with van der Waals surface area (Å²) in [6.45, 7) is 3.96. The second-order valence-electron chi connectivity index (χ2n) is 7.22. The van der Waals surface area contributed by atoms with Gasteiger partial charge in [-0.15, -0.1) is 11.3 Å². The molecule has 1 unspecified atom stereocenters. The van der Waals surface area contributed by atoms with Crippen molar-refractivity contribution in [1.82, 2.24) is 4.90 Å². The number of hydrogen-bond acceptors (Lipinski definition) is 5. The topological polar surface area (TPSA) is 50.8 Å². The van der Waals surface area contributed by atoms with Crippen LogP contribution in [0.15, 0.2) is 47.8 Å². The number of fused-ring (bicyclic) bond motifs is 2. The number of anilines is 1. The largest absolute Gasteiger partial charge is 0.454 e. The number of nitrogens with zero attached hydrogens (tertiary/aromatic N) is 1. The number of likely N-dealkylation sites (tertiary alicyclic amines) is 1. The quantitative estimate of drug-likeness (QED) is 0.736. The van der Waals surface area contributed by atoms with Gasteiger partial charge in [-0.2, -0.15) is 0 Å². The van der Waals surface area contributed by atoms with E-state index in [0.717, 1.165) is 25.2 Å². The van der Waals surface area contributed by atoms with E-state index < -0.39 is 5.54 Å². The minimum Gasteiger partial charge on any atom is -0.454 e. The fourth-order valence-electron chi connectivity index (χ4n) is 3.72. The molecule has 0 bridgehead atoms. The Balaban J connectivity index is 1.32. The molecule has 1 aromatic heterocycles. The third kappa shape index (κ3) is 2.76. The number of amides is 1. The lowest BCUT2D eigenvalue weighted by molar-refractivity contribution is -0.136. The Morgan fingerprint density at radius 2 is 2.07 bits per heavy atom. The zero-order valence-corrected chi connectivity index (χ0v) is 15.8. The molecular weight excluding hydrogens is 360 g/mol. The lowest BCUT2D eigenvalue weighted by Gasteiger charge is -2.49. The highest BCUT2D eigenvalue weighted by Crippen LogP contribution is 2.37. The maximum atomic E-state index is 13.0. The number of rotatable bonds is 4. The molecule has 1 atom stereocenters. The van der Waals surface area contributed by atoms with E-state index in [0.29, 0.717) is 11.5 Å². The van der Waals surface area contributed by atoms with Gasteiger partial charge in [-0.3, -0.25) is 9.69 Å². The van der Waals surface area contributed by atoms with Gasteiger partial charge in [-0.05, 0) is 47.9 Å². The zero-order chi connectivity index (χ0) is 18.4. The summed E-state index contributed by atoms with van der Waals surface area (Å²) >= 11 is 1.76. The van der Waals surface area contributed by atoms with Gasteiger partial charge in [0.15, 0.2) is 11.5 Å². The molecule has 2 aliphatic heterocycles. The third-order valence-electron chi connectivity index (χ3n) is 5.61. The van der Waals surface area contributed by atoms with Crippen molar-refractivity contribution in [3.05, 3.63) is 53.4 Å². The molecule has 3 aromatic rings. The highest BCUT2D eigenvalue weighted by molar-refractivity contribution is 7.17. The number of thiophene rings is 1. The van der Waals surface area contributed by atoms with E-state index in [1.165, 1.54) is 15.6 Å². The number of carbonyl (C=O) groups excluding carboxylic acids is 1. The molecule has 0 aliphatic carbocycles. The van der Waals surface area contributed by atoms with Crippen LogP contribution >= 0.6 is 11.3 Å². The first-order valence-corrected chi connectivity index (χ1v) is 9.93. The molecule has 2 aromatic carbocycles. The van der Waals surface area contributed by atoms with Crippen molar-refractivity contribution < 1.29 is 14.3 Å². The van der Waals surface area contributed by atoms with Gasteiger partial charge >= 0.3 is 0 Å². The van der Waals surface area contributed by atoms with Crippen LogP contribution in [0, 0.1) is 0 Å². The van der Waals surface area contributed by atoms with Crippen molar-refractivity contribution in [1.29, 1.82) is 0 Å². The van der Waals surface area contributed by atoms with E-state index in [9.17, 15) is 4.79 Å². The van der Waals surface area contributed by atoms with E-state index in [4.69, 9.17) is 9.47 Å². The summed E-state index contributed by atoms with van der Waals surface area (Å²) in [7, 11) is 0. The molecule has 1 saturated heterocycles. The van der Waals surface area contributed by atoms with Crippen molar-refractivity contribution in [3.8, 4) is 11.5 Å². The second kappa shape index (κ2) is 6.25. The highest BCUT2D eigenvalue weighted by Gasteiger charge is 2.46. The molecule has 27 heavy (non-hydrogen) atoms. The van der Waals surface area contributed by atoms with Gasteiger partial charge < -0.3 is 14.8 Å². The Morgan fingerprint density at radius 1 is 1.22 bits per heavy atom. The van der Waals surface area contributed by atoms with Crippen LogP contribution in [-0.2, 0) is 11.3 Å². The van der Waals surface area contributed by atoms with E-state index in [2.05, 4.69) is 39.9 Å². The molecule has 138 valence electrons. The number of benzene rings is 2. The van der Waals surface area contributed by atoms with Crippen molar-refractivity contribution >= 4 is 33.0 Å². The van der Waals surface area contributed by atoms with Crippen LogP contribution in [0.4, 0.5) is 5.69 Å². The average molecular weight is 380 g/mol. The minimum absolute atomic E-state index is 0.0205. The summed E-state index contributed by atoms with van der Waals surface area (Å²) < 4.78 is 12.0. The summed E-state index contributed by atoms with van der Waals surface area (Å²) in [5.74, 6) is 1.41. The Hall–Kier alpha value is -2.57. The molecule has 1 amide bonds. The summed E-state index contributed by atoms with van der Waals surface area (Å²) in [5, 5.41) is 6.54. The number of nitrogens with one attached hydrogen (secondary N) is 1. The fourth-order valence-corrected chi connectivity index (χ4v) is 4.67. The Morgan fingerprint density at radius 3 is 2.93 bits per heavy atom. The van der Waals surface area contributed by atoms with Crippen LogP contribution in [0.3, 0.4) is 0 Å². The maximum Gasteiger partial charge on any atom is 0.244 e. The van der Waals surface area contributed by atoms with E-state index in [-0.39, 0.29) is 12.7 Å². The van der Waals surface area contributed by atoms with Crippen LogP contribution in [0.1, 0.15) is 18.9 Å². The highest BCUT2D eigenvalue weighted by atomic mass is 32.1. The predicted octanol–water partition coefficient (Wildman–Crippen LogP) is 4.23. The van der Waals surface area contributed by atoms with E-state index in [1.54, 1.807) is 11.3 Å². The van der Waals surface area contributed by atoms with Gasteiger partial charge in [-0.1, -0.05) is 18.2 Å². The Kier molecular flexibility index (Phi) is 3.84. The summed E-state index contributed by atoms with van der Waals surface area (Å²) in [5.41, 5.74) is 1.52. The Labute approximate surface area is 161 Å². The number of ether oxygens (including phenoxy) is 2. The minimum atomic E-state index is -0.501. The van der Waals surface area contributed by atoms with E-state index in [1.807, 2.05) is 25.1 Å². The SMILES string of the molecule is CC1(C(=O)Nc2ccc3c(c2)OCO3)CCN1Cc1csc2ccccc12. The second-order valence-corrected chi connectivity index (χ2v) is 8.14. The monoisotopic (exact) mass is 380 g/mol. The first kappa shape index (κ1) is 16.6. The first-order chi connectivity index (χ1) is 13.1. The maximum absolute atomic E-state index is 13.0. The molecule has 0 saturated carbocycles. The molecular formula is C21H20N2O3S. The van der Waals surface area contributed by atoms with Gasteiger partial charge in [-0.25, -0.2) is 0 Å². The number of carbonyl (C=O) groups is 1. The third-order valence-corrected chi connectivity index (χ3v) is 6.62. The first-order valence-electron chi connectivity index (χ1n) is 9.05. The van der Waals surface area contributed by atoms with Crippen molar-refractivity contribution in [2.45, 2.75) is 25.4 Å². The Bertz CT molecular complexity index is 1030. The van der Waals surface area contributed by atoms with Gasteiger partial charge in [0.25, 0.3) is 0 Å². The van der Waals surface area contributed by atoms with Crippen LogP contribution in [0.5, 0.6) is 11.5 Å². The fraction of sp³-hybridized carbons (Fsp3) is 0.286. The van der Waals surface area contributed by atoms with Crippen molar-refractivity contribution in [2.75, 3.05) is 18.7 Å². The molecule has 5 rings (SSSR count). The predicted molar refractivity (Wildman–Crippen MR) is 106 cm³/mol. The lowest BCUT2D eigenvalue weighted by Crippen LogP contribution is -2.63. The average Bonchev–Trinajstić information content (AvgIpc) is 3.31. The van der Waals surface area contributed by atoms with Crippen LogP contribution in [-0.4, -0.2) is 29.7 Å². The normalized spacial score (nSPS) is 21.2. The molecule has 0 spiro atoms. The molecule has 6 heteroatoms. The van der Waals surface area contributed by atoms with Crippen LogP contribution in [0.2, 0.25) is 0 Å². The summed E-state index contributed by atoms with van der Waals surface area (Å²) in [4.78, 5) is 15.3. The zero-order valence-electron chi connectivity index (χ0n) is 15.0. The standard InChI is InChI=1S/C21H20N2O3S/c1-21(20(24)22-15-6-7-17-18(10-15)26-13-25-17)8-9-23(21)11-14-12-27-19-5-3-2-4-16(14)19/h2-7,10,12H,8-9,11,13H2,1H3,(H,22,24). The van der Waals surface area contributed by atoms with Gasteiger partial charge in [0.2, 0.25) is 12.7 Å². The van der Waals surface area contributed by atoms with Gasteiger partial charge in [0.1, 0.15) is 0 Å². The molecule has 1 fully saturated rings. The van der Waals surface area contributed by atoms with Gasteiger partial charge in [0.05, 0.1) is 5.54 Å². The molecule has 1 N–H and O–H groups in total.